The first kappa shape index (κ1) is 23.3. The largest absolute Gasteiger partial charge is 0.466 e. The summed E-state index contributed by atoms with van der Waals surface area (Å²) >= 11 is 0. The van der Waals surface area contributed by atoms with Gasteiger partial charge in [-0.25, -0.2) is 4.57 Å². The fraction of sp³-hybridized carbons (Fsp3) is 0.333. The smallest absolute Gasteiger partial charge is 0.303 e. The first-order valence-corrected chi connectivity index (χ1v) is 5.30. The molecule has 0 unspecified atom stereocenters. The molecule has 0 aliphatic heterocycles. The normalized spacial score (nSPS) is 7.00. The fourth-order valence-corrected chi connectivity index (χ4v) is 0. The SMILES string of the molecule is C=CC.C=CC.C=CC.O=P(O)(O)O. The molecule has 0 bridgehead atoms. The lowest BCUT2D eigenvalue weighted by molar-refractivity contribution is 0.275. The maximum absolute atomic E-state index is 8.88. The summed E-state index contributed by atoms with van der Waals surface area (Å²) in [4.78, 5) is 21.6. The average Bonchev–Trinajstić information content (AvgIpc) is 1.86. The molecular formula is C9H21O4P. The molecule has 0 aliphatic carbocycles. The van der Waals surface area contributed by atoms with Crippen LogP contribution >= 0.6 is 7.82 Å². The van der Waals surface area contributed by atoms with E-state index in [2.05, 4.69) is 19.7 Å². The summed E-state index contributed by atoms with van der Waals surface area (Å²) in [5.74, 6) is 0. The Morgan fingerprint density at radius 2 is 0.857 bits per heavy atom. The van der Waals surface area contributed by atoms with Gasteiger partial charge in [0.25, 0.3) is 0 Å². The van der Waals surface area contributed by atoms with Crippen molar-refractivity contribution in [1.82, 2.24) is 0 Å². The van der Waals surface area contributed by atoms with Crippen LogP contribution in [0.15, 0.2) is 38.0 Å². The van der Waals surface area contributed by atoms with Crippen LogP contribution in [-0.2, 0) is 4.57 Å². The molecule has 0 saturated carbocycles. The first-order valence-electron chi connectivity index (χ1n) is 3.74. The van der Waals surface area contributed by atoms with E-state index in [-0.39, 0.29) is 0 Å². The summed E-state index contributed by atoms with van der Waals surface area (Å²) in [6, 6.07) is 0. The van der Waals surface area contributed by atoms with Crippen LogP contribution in [0, 0.1) is 0 Å². The Labute approximate surface area is 86.5 Å². The highest BCUT2D eigenvalue weighted by atomic mass is 31.2. The van der Waals surface area contributed by atoms with E-state index in [1.807, 2.05) is 20.8 Å². The molecule has 0 radical (unpaired) electrons. The highest BCUT2D eigenvalue weighted by molar-refractivity contribution is 7.45. The van der Waals surface area contributed by atoms with Crippen LogP contribution in [-0.4, -0.2) is 14.7 Å². The van der Waals surface area contributed by atoms with Crippen molar-refractivity contribution >= 4 is 7.82 Å². The molecule has 0 rings (SSSR count). The van der Waals surface area contributed by atoms with Crippen molar-refractivity contribution in [2.45, 2.75) is 20.8 Å². The Morgan fingerprint density at radius 1 is 0.857 bits per heavy atom. The van der Waals surface area contributed by atoms with Crippen LogP contribution in [0.4, 0.5) is 0 Å². The summed E-state index contributed by atoms with van der Waals surface area (Å²) < 4.78 is 8.88. The van der Waals surface area contributed by atoms with Crippen molar-refractivity contribution in [3.8, 4) is 0 Å². The number of hydrogen-bond acceptors (Lipinski definition) is 1. The van der Waals surface area contributed by atoms with E-state index < -0.39 is 7.82 Å². The maximum atomic E-state index is 8.88. The third kappa shape index (κ3) is 2690. The van der Waals surface area contributed by atoms with Gasteiger partial charge in [-0.1, -0.05) is 18.2 Å². The van der Waals surface area contributed by atoms with Gasteiger partial charge in [0.05, 0.1) is 0 Å². The second-order valence-corrected chi connectivity index (χ2v) is 2.76. The van der Waals surface area contributed by atoms with E-state index in [0.29, 0.717) is 0 Å². The number of allylic oxidation sites excluding steroid dienone is 3. The van der Waals surface area contributed by atoms with Gasteiger partial charge in [-0.15, -0.1) is 19.7 Å². The molecule has 5 heteroatoms. The van der Waals surface area contributed by atoms with E-state index in [1.54, 1.807) is 18.2 Å². The van der Waals surface area contributed by atoms with Gasteiger partial charge in [-0.2, -0.15) is 0 Å². The zero-order valence-electron chi connectivity index (χ0n) is 9.05. The van der Waals surface area contributed by atoms with Crippen LogP contribution in [0.5, 0.6) is 0 Å². The van der Waals surface area contributed by atoms with Gasteiger partial charge in [0, 0.05) is 0 Å². The van der Waals surface area contributed by atoms with Crippen molar-refractivity contribution in [2.75, 3.05) is 0 Å². The predicted molar refractivity (Wildman–Crippen MR) is 61.9 cm³/mol. The third-order valence-corrected chi connectivity index (χ3v) is 0. The second kappa shape index (κ2) is 22.8. The monoisotopic (exact) mass is 224 g/mol. The minimum absolute atomic E-state index is 1.75. The third-order valence-electron chi connectivity index (χ3n) is 0. The van der Waals surface area contributed by atoms with Gasteiger partial charge < -0.3 is 14.7 Å². The summed E-state index contributed by atoms with van der Waals surface area (Å²) in [7, 11) is -4.64. The summed E-state index contributed by atoms with van der Waals surface area (Å²) in [6.07, 6.45) is 5.25. The van der Waals surface area contributed by atoms with Crippen LogP contribution in [0.2, 0.25) is 0 Å². The van der Waals surface area contributed by atoms with E-state index in [0.717, 1.165) is 0 Å². The molecule has 14 heavy (non-hydrogen) atoms. The van der Waals surface area contributed by atoms with Gasteiger partial charge in [0.2, 0.25) is 0 Å². The van der Waals surface area contributed by atoms with Crippen LogP contribution in [0.1, 0.15) is 20.8 Å². The van der Waals surface area contributed by atoms with E-state index in [9.17, 15) is 0 Å². The molecule has 0 spiro atoms. The van der Waals surface area contributed by atoms with Crippen molar-refractivity contribution in [3.05, 3.63) is 38.0 Å². The van der Waals surface area contributed by atoms with Crippen LogP contribution in [0.3, 0.4) is 0 Å². The van der Waals surface area contributed by atoms with Crippen molar-refractivity contribution in [3.63, 3.8) is 0 Å². The van der Waals surface area contributed by atoms with Gasteiger partial charge in [-0.05, 0) is 20.8 Å². The molecule has 0 heterocycles. The minimum Gasteiger partial charge on any atom is -0.303 e. The first-order chi connectivity index (χ1) is 6.24. The Hall–Kier alpha value is -0.670. The molecule has 0 aromatic rings. The van der Waals surface area contributed by atoms with E-state index >= 15 is 0 Å². The standard InChI is InChI=1S/3C3H6.H3O4P/c3*1-3-2;1-5(2,3)4/h3*3H,1H2,2H3;(H3,1,2,3,4). The maximum Gasteiger partial charge on any atom is 0.466 e. The molecule has 3 N–H and O–H groups in total. The Bertz CT molecular complexity index is 138. The van der Waals surface area contributed by atoms with E-state index in [4.69, 9.17) is 19.2 Å². The Kier molecular flexibility index (Phi) is 37.9. The molecule has 0 aliphatic rings. The number of hydrogen-bond donors (Lipinski definition) is 3. The minimum atomic E-state index is -4.64. The molecule has 0 atom stereocenters. The fourth-order valence-electron chi connectivity index (χ4n) is 0. The highest BCUT2D eigenvalue weighted by Crippen LogP contribution is 2.25. The van der Waals surface area contributed by atoms with Gasteiger partial charge >= 0.3 is 7.82 Å². The molecule has 0 amide bonds. The number of rotatable bonds is 0. The predicted octanol–water partition coefficient (Wildman–Crippen LogP) is 2.65. The van der Waals surface area contributed by atoms with Gasteiger partial charge in [-0.3, -0.25) is 0 Å². The summed E-state index contributed by atoms with van der Waals surface area (Å²) in [5, 5.41) is 0. The number of phosphoric acid groups is 1. The highest BCUT2D eigenvalue weighted by Gasteiger charge is 2.00. The van der Waals surface area contributed by atoms with Gasteiger partial charge in [0.1, 0.15) is 0 Å². The molecule has 0 aromatic heterocycles. The Balaban J connectivity index is -0.0000000495. The molecule has 0 saturated heterocycles. The summed E-state index contributed by atoms with van der Waals surface area (Å²) in [6.45, 7) is 15.8. The topological polar surface area (TPSA) is 77.8 Å². The van der Waals surface area contributed by atoms with E-state index in [1.165, 1.54) is 0 Å². The van der Waals surface area contributed by atoms with Crippen molar-refractivity contribution < 1.29 is 19.2 Å². The Morgan fingerprint density at radius 3 is 0.857 bits per heavy atom. The molecule has 4 nitrogen and oxygen atoms in total. The van der Waals surface area contributed by atoms with Gasteiger partial charge in [0.15, 0.2) is 0 Å². The van der Waals surface area contributed by atoms with Crippen molar-refractivity contribution in [1.29, 1.82) is 0 Å². The summed E-state index contributed by atoms with van der Waals surface area (Å²) in [5.41, 5.74) is 0. The molecule has 0 fully saturated rings. The lowest BCUT2D eigenvalue weighted by atomic mass is 10.8. The zero-order valence-corrected chi connectivity index (χ0v) is 9.94. The lowest BCUT2D eigenvalue weighted by Crippen LogP contribution is -1.66. The average molecular weight is 224 g/mol. The van der Waals surface area contributed by atoms with Crippen molar-refractivity contribution in [2.24, 2.45) is 0 Å². The molecule has 86 valence electrons. The van der Waals surface area contributed by atoms with Crippen LogP contribution < -0.4 is 0 Å². The molecular weight excluding hydrogens is 203 g/mol. The quantitative estimate of drug-likeness (QED) is 0.436. The van der Waals surface area contributed by atoms with Crippen LogP contribution in [0.25, 0.3) is 0 Å². The second-order valence-electron chi connectivity index (χ2n) is 1.74. The molecule has 0 aromatic carbocycles. The zero-order chi connectivity index (χ0) is 12.6. The lowest BCUT2D eigenvalue weighted by Gasteiger charge is -1.82.